The fourth-order valence-corrected chi connectivity index (χ4v) is 2.86. The van der Waals surface area contributed by atoms with Crippen LogP contribution in [0, 0.1) is 0 Å². The van der Waals surface area contributed by atoms with Crippen LogP contribution < -0.4 is 10.2 Å². The van der Waals surface area contributed by atoms with E-state index in [0.29, 0.717) is 12.6 Å². The fourth-order valence-electron chi connectivity index (χ4n) is 2.86. The second kappa shape index (κ2) is 6.94. The smallest absolute Gasteiger partial charge is 0.242 e. The molecule has 0 saturated carbocycles. The molecule has 2 rings (SSSR count). The van der Waals surface area contributed by atoms with Crippen LogP contribution in [0.3, 0.4) is 0 Å². The number of fused-ring (bicyclic) bond motifs is 1. The van der Waals surface area contributed by atoms with Gasteiger partial charge in [0.2, 0.25) is 5.91 Å². The number of benzene rings is 1. The molecular formula is C17H27N3O. The average molecular weight is 289 g/mol. The fraction of sp³-hybridized carbons (Fsp3) is 0.588. The zero-order valence-electron chi connectivity index (χ0n) is 13.6. The molecule has 1 unspecified atom stereocenters. The molecular weight excluding hydrogens is 262 g/mol. The molecule has 4 heteroatoms. The average Bonchev–Trinajstić information content (AvgIpc) is 2.66. The number of likely N-dealkylation sites (N-methyl/N-ethyl adjacent to an activating group) is 1. The van der Waals surface area contributed by atoms with Gasteiger partial charge < -0.3 is 15.1 Å². The Kier molecular flexibility index (Phi) is 5.23. The van der Waals surface area contributed by atoms with E-state index >= 15 is 0 Å². The minimum Gasteiger partial charge on any atom is -0.362 e. The van der Waals surface area contributed by atoms with Crippen molar-refractivity contribution in [3.05, 3.63) is 29.8 Å². The lowest BCUT2D eigenvalue weighted by Gasteiger charge is -2.29. The molecule has 1 aliphatic heterocycles. The molecule has 1 atom stereocenters. The van der Waals surface area contributed by atoms with Crippen LogP contribution in [0.15, 0.2) is 24.3 Å². The van der Waals surface area contributed by atoms with Crippen molar-refractivity contribution in [1.29, 1.82) is 0 Å². The Labute approximate surface area is 128 Å². The molecule has 4 nitrogen and oxygen atoms in total. The molecule has 0 saturated heterocycles. The first kappa shape index (κ1) is 15.8. The first-order valence-electron chi connectivity index (χ1n) is 7.81. The summed E-state index contributed by atoms with van der Waals surface area (Å²) in [6.07, 6.45) is 2.21. The Morgan fingerprint density at radius 2 is 2.14 bits per heavy atom. The van der Waals surface area contributed by atoms with E-state index in [0.717, 1.165) is 19.4 Å². The minimum atomic E-state index is 0.183. The van der Waals surface area contributed by atoms with Crippen LogP contribution in [-0.2, 0) is 4.79 Å². The number of rotatable bonds is 4. The van der Waals surface area contributed by atoms with Gasteiger partial charge >= 0.3 is 0 Å². The van der Waals surface area contributed by atoms with Gasteiger partial charge in [-0.25, -0.2) is 0 Å². The van der Waals surface area contributed by atoms with Crippen LogP contribution in [-0.4, -0.2) is 44.0 Å². The molecule has 1 N–H and O–H groups in total. The van der Waals surface area contributed by atoms with E-state index in [2.05, 4.69) is 34.5 Å². The van der Waals surface area contributed by atoms with Gasteiger partial charge in [0.1, 0.15) is 0 Å². The van der Waals surface area contributed by atoms with Gasteiger partial charge in [0.15, 0.2) is 0 Å². The zero-order valence-corrected chi connectivity index (χ0v) is 13.6. The summed E-state index contributed by atoms with van der Waals surface area (Å²) in [5.74, 6) is 0.183. The number of carbonyl (C=O) groups excluding carboxylic acids is 1. The van der Waals surface area contributed by atoms with Crippen LogP contribution in [0.2, 0.25) is 0 Å². The summed E-state index contributed by atoms with van der Waals surface area (Å²) in [7, 11) is 3.89. The predicted octanol–water partition coefficient (Wildman–Crippen LogP) is 2.41. The molecule has 1 amide bonds. The van der Waals surface area contributed by atoms with Crippen molar-refractivity contribution in [1.82, 2.24) is 10.2 Å². The van der Waals surface area contributed by atoms with Gasteiger partial charge in [-0.05, 0) is 45.4 Å². The first-order valence-corrected chi connectivity index (χ1v) is 7.81. The standard InChI is InChI=1S/C17H27N3O/c1-13(2)19(4)17(21)12-20-11-7-9-15(18-3)14-8-5-6-10-16(14)20/h5-6,8,10,13,15,18H,7,9,11-12H2,1-4H3. The van der Waals surface area contributed by atoms with Gasteiger partial charge in [-0.3, -0.25) is 4.79 Å². The molecule has 0 spiro atoms. The van der Waals surface area contributed by atoms with Gasteiger partial charge in [-0.15, -0.1) is 0 Å². The second-order valence-electron chi connectivity index (χ2n) is 6.06. The summed E-state index contributed by atoms with van der Waals surface area (Å²) in [5, 5.41) is 3.39. The first-order chi connectivity index (χ1) is 10.0. The van der Waals surface area contributed by atoms with Crippen LogP contribution in [0.5, 0.6) is 0 Å². The largest absolute Gasteiger partial charge is 0.362 e. The third kappa shape index (κ3) is 3.56. The molecule has 0 bridgehead atoms. The maximum absolute atomic E-state index is 12.4. The number of amides is 1. The molecule has 0 aromatic heterocycles. The normalized spacial score (nSPS) is 18.3. The maximum atomic E-state index is 12.4. The lowest BCUT2D eigenvalue weighted by atomic mass is 10.0. The zero-order chi connectivity index (χ0) is 15.4. The van der Waals surface area contributed by atoms with E-state index in [1.54, 1.807) is 0 Å². The van der Waals surface area contributed by atoms with E-state index in [-0.39, 0.29) is 11.9 Å². The Balaban J connectivity index is 2.22. The van der Waals surface area contributed by atoms with Gasteiger partial charge in [0.25, 0.3) is 0 Å². The van der Waals surface area contributed by atoms with Gasteiger partial charge in [-0.1, -0.05) is 18.2 Å². The van der Waals surface area contributed by atoms with Crippen molar-refractivity contribution in [2.45, 2.75) is 38.8 Å². The van der Waals surface area contributed by atoms with E-state index in [9.17, 15) is 4.79 Å². The third-order valence-electron chi connectivity index (χ3n) is 4.42. The number of hydrogen-bond donors (Lipinski definition) is 1. The maximum Gasteiger partial charge on any atom is 0.242 e. The summed E-state index contributed by atoms with van der Waals surface area (Å²) in [5.41, 5.74) is 2.50. The number of nitrogens with zero attached hydrogens (tertiary/aromatic N) is 2. The topological polar surface area (TPSA) is 35.6 Å². The Hall–Kier alpha value is -1.55. The summed E-state index contributed by atoms with van der Waals surface area (Å²) < 4.78 is 0. The molecule has 1 aliphatic rings. The summed E-state index contributed by atoms with van der Waals surface area (Å²) >= 11 is 0. The van der Waals surface area contributed by atoms with E-state index in [4.69, 9.17) is 0 Å². The van der Waals surface area contributed by atoms with E-state index in [1.807, 2.05) is 32.8 Å². The molecule has 1 heterocycles. The summed E-state index contributed by atoms with van der Waals surface area (Å²) in [6.45, 7) is 5.49. The lowest BCUT2D eigenvalue weighted by molar-refractivity contribution is -0.129. The van der Waals surface area contributed by atoms with Crippen molar-refractivity contribution >= 4 is 11.6 Å². The SMILES string of the molecule is CNC1CCCN(CC(=O)N(C)C(C)C)c2ccccc21. The highest BCUT2D eigenvalue weighted by Crippen LogP contribution is 2.32. The number of nitrogens with one attached hydrogen (secondary N) is 1. The van der Waals surface area contributed by atoms with Crippen molar-refractivity contribution < 1.29 is 4.79 Å². The molecule has 0 fully saturated rings. The highest BCUT2D eigenvalue weighted by Gasteiger charge is 2.24. The van der Waals surface area contributed by atoms with E-state index in [1.165, 1.54) is 11.3 Å². The van der Waals surface area contributed by atoms with Crippen LogP contribution >= 0.6 is 0 Å². The van der Waals surface area contributed by atoms with Crippen LogP contribution in [0.1, 0.15) is 38.3 Å². The third-order valence-corrected chi connectivity index (χ3v) is 4.42. The minimum absolute atomic E-state index is 0.183. The molecule has 0 radical (unpaired) electrons. The highest BCUT2D eigenvalue weighted by molar-refractivity contribution is 5.82. The summed E-state index contributed by atoms with van der Waals surface area (Å²) in [4.78, 5) is 16.4. The van der Waals surface area contributed by atoms with Crippen molar-refractivity contribution in [2.75, 3.05) is 32.1 Å². The highest BCUT2D eigenvalue weighted by atomic mass is 16.2. The van der Waals surface area contributed by atoms with Crippen molar-refractivity contribution in [3.63, 3.8) is 0 Å². The van der Waals surface area contributed by atoms with Gasteiger partial charge in [-0.2, -0.15) is 0 Å². The van der Waals surface area contributed by atoms with Crippen LogP contribution in [0.25, 0.3) is 0 Å². The molecule has 116 valence electrons. The molecule has 21 heavy (non-hydrogen) atoms. The number of hydrogen-bond acceptors (Lipinski definition) is 3. The van der Waals surface area contributed by atoms with E-state index < -0.39 is 0 Å². The number of para-hydroxylation sites is 1. The number of anilines is 1. The van der Waals surface area contributed by atoms with Crippen molar-refractivity contribution in [2.24, 2.45) is 0 Å². The number of carbonyl (C=O) groups is 1. The van der Waals surface area contributed by atoms with Crippen LogP contribution in [0.4, 0.5) is 5.69 Å². The Bertz CT molecular complexity index is 487. The monoisotopic (exact) mass is 289 g/mol. The molecule has 1 aromatic carbocycles. The second-order valence-corrected chi connectivity index (χ2v) is 6.06. The molecule has 1 aromatic rings. The van der Waals surface area contributed by atoms with Crippen molar-refractivity contribution in [3.8, 4) is 0 Å². The van der Waals surface area contributed by atoms with Gasteiger partial charge in [0.05, 0.1) is 6.54 Å². The predicted molar refractivity (Wildman–Crippen MR) is 87.6 cm³/mol. The van der Waals surface area contributed by atoms with Gasteiger partial charge in [0, 0.05) is 31.4 Å². The summed E-state index contributed by atoms with van der Waals surface area (Å²) in [6, 6.07) is 9.06. The lowest BCUT2D eigenvalue weighted by Crippen LogP contribution is -2.41. The Morgan fingerprint density at radius 3 is 2.81 bits per heavy atom. The quantitative estimate of drug-likeness (QED) is 0.924. The Morgan fingerprint density at radius 1 is 1.43 bits per heavy atom. The molecule has 0 aliphatic carbocycles.